The third-order valence-electron chi connectivity index (χ3n) is 1.73. The van der Waals surface area contributed by atoms with Gasteiger partial charge in [-0.1, -0.05) is 0 Å². The standard InChI is InChI=1S/C8H9NO2S/c1-5-2-6(4-12-5)8-9-3-7(10)11-8/h2,9H,3-4H2,1H3/b8-6-. The molecule has 64 valence electrons. The molecule has 0 radical (unpaired) electrons. The number of thioether (sulfide) groups is 1. The normalized spacial score (nSPS) is 28.4. The van der Waals surface area contributed by atoms with Crippen molar-refractivity contribution in [2.45, 2.75) is 6.92 Å². The second-order valence-corrected chi connectivity index (χ2v) is 3.95. The summed E-state index contributed by atoms with van der Waals surface area (Å²) in [5.74, 6) is 1.35. The molecule has 1 fully saturated rings. The van der Waals surface area contributed by atoms with E-state index in [4.69, 9.17) is 4.74 Å². The Kier molecular flexibility index (Phi) is 1.84. The van der Waals surface area contributed by atoms with E-state index in [1.807, 2.05) is 6.08 Å². The Bertz CT molecular complexity index is 293. The Labute approximate surface area is 74.9 Å². The van der Waals surface area contributed by atoms with Gasteiger partial charge in [-0.05, 0) is 17.9 Å². The van der Waals surface area contributed by atoms with Crippen LogP contribution in [-0.2, 0) is 9.53 Å². The zero-order chi connectivity index (χ0) is 8.55. The zero-order valence-corrected chi connectivity index (χ0v) is 7.53. The molecular weight excluding hydrogens is 174 g/mol. The molecule has 0 saturated carbocycles. The van der Waals surface area contributed by atoms with Gasteiger partial charge in [0.2, 0.25) is 5.88 Å². The van der Waals surface area contributed by atoms with Gasteiger partial charge in [-0.15, -0.1) is 11.8 Å². The molecule has 0 aromatic heterocycles. The highest BCUT2D eigenvalue weighted by molar-refractivity contribution is 8.03. The minimum atomic E-state index is -0.194. The fourth-order valence-electron chi connectivity index (χ4n) is 1.17. The van der Waals surface area contributed by atoms with Crippen molar-refractivity contribution in [2.24, 2.45) is 0 Å². The van der Waals surface area contributed by atoms with Gasteiger partial charge in [0, 0.05) is 11.3 Å². The van der Waals surface area contributed by atoms with Gasteiger partial charge < -0.3 is 10.1 Å². The van der Waals surface area contributed by atoms with E-state index in [1.165, 1.54) is 4.91 Å². The van der Waals surface area contributed by atoms with Crippen LogP contribution in [0.1, 0.15) is 6.92 Å². The second-order valence-electron chi connectivity index (χ2n) is 2.73. The van der Waals surface area contributed by atoms with Crippen LogP contribution in [0.5, 0.6) is 0 Å². The van der Waals surface area contributed by atoms with Crippen LogP contribution < -0.4 is 5.32 Å². The van der Waals surface area contributed by atoms with Crippen LogP contribution in [0, 0.1) is 0 Å². The predicted octanol–water partition coefficient (Wildman–Crippen LogP) is 0.995. The molecule has 0 spiro atoms. The number of allylic oxidation sites excluding steroid dienone is 2. The average Bonchev–Trinajstić information content (AvgIpc) is 2.58. The Morgan fingerprint density at radius 3 is 3.00 bits per heavy atom. The van der Waals surface area contributed by atoms with Crippen LogP contribution in [-0.4, -0.2) is 18.3 Å². The van der Waals surface area contributed by atoms with Crippen LogP contribution in [0.25, 0.3) is 0 Å². The van der Waals surface area contributed by atoms with Gasteiger partial charge in [0.1, 0.15) is 6.54 Å². The third-order valence-corrected chi connectivity index (χ3v) is 2.76. The first-order valence-corrected chi connectivity index (χ1v) is 4.73. The molecule has 2 aliphatic rings. The molecule has 2 heterocycles. The second kappa shape index (κ2) is 2.86. The van der Waals surface area contributed by atoms with Gasteiger partial charge in [0.15, 0.2) is 0 Å². The molecule has 2 rings (SSSR count). The quantitative estimate of drug-likeness (QED) is 0.568. The molecule has 4 heteroatoms. The molecule has 0 bridgehead atoms. The van der Waals surface area contributed by atoms with E-state index in [-0.39, 0.29) is 5.97 Å². The Balaban J connectivity index is 2.22. The average molecular weight is 183 g/mol. The Morgan fingerprint density at radius 2 is 2.50 bits per heavy atom. The number of esters is 1. The van der Waals surface area contributed by atoms with Crippen molar-refractivity contribution in [2.75, 3.05) is 12.3 Å². The largest absolute Gasteiger partial charge is 0.408 e. The molecule has 1 saturated heterocycles. The number of hydrogen-bond acceptors (Lipinski definition) is 4. The van der Waals surface area contributed by atoms with Gasteiger partial charge >= 0.3 is 5.97 Å². The molecule has 0 atom stereocenters. The summed E-state index contributed by atoms with van der Waals surface area (Å²) in [5.41, 5.74) is 1.09. The number of carbonyl (C=O) groups is 1. The lowest BCUT2D eigenvalue weighted by Gasteiger charge is -1.98. The predicted molar refractivity (Wildman–Crippen MR) is 47.3 cm³/mol. The lowest BCUT2D eigenvalue weighted by molar-refractivity contribution is -0.134. The van der Waals surface area contributed by atoms with Crippen molar-refractivity contribution in [3.8, 4) is 0 Å². The number of ether oxygens (including phenoxy) is 1. The lowest BCUT2D eigenvalue weighted by Crippen LogP contribution is -2.08. The SMILES string of the molecule is CC1=C/C(=C2\NCC(=O)O2)CS1. The Morgan fingerprint density at radius 1 is 1.67 bits per heavy atom. The molecule has 1 N–H and O–H groups in total. The first-order valence-electron chi connectivity index (χ1n) is 3.74. The first kappa shape index (κ1) is 7.73. The van der Waals surface area contributed by atoms with Crippen LogP contribution >= 0.6 is 11.8 Å². The molecule has 0 amide bonds. The molecule has 3 nitrogen and oxygen atoms in total. The first-order chi connectivity index (χ1) is 5.75. The third kappa shape index (κ3) is 1.34. The minimum Gasteiger partial charge on any atom is -0.408 e. The zero-order valence-electron chi connectivity index (χ0n) is 6.72. The molecular formula is C8H9NO2S. The van der Waals surface area contributed by atoms with Crippen molar-refractivity contribution in [1.29, 1.82) is 0 Å². The van der Waals surface area contributed by atoms with Crippen molar-refractivity contribution < 1.29 is 9.53 Å². The monoisotopic (exact) mass is 183 g/mol. The summed E-state index contributed by atoms with van der Waals surface area (Å²) < 4.78 is 4.97. The fourth-order valence-corrected chi connectivity index (χ4v) is 1.99. The smallest absolute Gasteiger partial charge is 0.332 e. The highest BCUT2D eigenvalue weighted by Gasteiger charge is 2.21. The molecule has 0 aromatic rings. The van der Waals surface area contributed by atoms with E-state index in [9.17, 15) is 4.79 Å². The number of nitrogens with one attached hydrogen (secondary N) is 1. The summed E-state index contributed by atoms with van der Waals surface area (Å²) in [7, 11) is 0. The summed E-state index contributed by atoms with van der Waals surface area (Å²) in [6.07, 6.45) is 2.05. The van der Waals surface area contributed by atoms with E-state index in [2.05, 4.69) is 12.2 Å². The number of cyclic esters (lactones) is 1. The summed E-state index contributed by atoms with van der Waals surface area (Å²) in [5, 5.41) is 2.92. The summed E-state index contributed by atoms with van der Waals surface area (Å²) in [6, 6.07) is 0. The maximum atomic E-state index is 10.7. The number of carbonyl (C=O) groups excluding carboxylic acids is 1. The maximum Gasteiger partial charge on any atom is 0.332 e. The topological polar surface area (TPSA) is 38.3 Å². The van der Waals surface area contributed by atoms with E-state index < -0.39 is 0 Å². The van der Waals surface area contributed by atoms with Crippen LogP contribution in [0.15, 0.2) is 22.4 Å². The molecule has 12 heavy (non-hydrogen) atoms. The summed E-state index contributed by atoms with van der Waals surface area (Å²) in [4.78, 5) is 12.0. The van der Waals surface area contributed by atoms with Gasteiger partial charge in [-0.25, -0.2) is 4.79 Å². The van der Waals surface area contributed by atoms with Crippen molar-refractivity contribution in [1.82, 2.24) is 5.32 Å². The summed E-state index contributed by atoms with van der Waals surface area (Å²) >= 11 is 1.77. The van der Waals surface area contributed by atoms with Crippen LogP contribution in [0.3, 0.4) is 0 Å². The van der Waals surface area contributed by atoms with Gasteiger partial charge in [-0.3, -0.25) is 0 Å². The van der Waals surface area contributed by atoms with Crippen LogP contribution in [0.4, 0.5) is 0 Å². The van der Waals surface area contributed by atoms with E-state index in [0.717, 1.165) is 11.3 Å². The number of rotatable bonds is 0. The number of hydrogen-bond donors (Lipinski definition) is 1. The lowest BCUT2D eigenvalue weighted by atomic mass is 10.3. The van der Waals surface area contributed by atoms with Gasteiger partial charge in [-0.2, -0.15) is 0 Å². The highest BCUT2D eigenvalue weighted by atomic mass is 32.2. The van der Waals surface area contributed by atoms with E-state index >= 15 is 0 Å². The van der Waals surface area contributed by atoms with E-state index in [0.29, 0.717) is 12.4 Å². The molecule has 2 aliphatic heterocycles. The van der Waals surface area contributed by atoms with E-state index in [1.54, 1.807) is 11.8 Å². The fraction of sp³-hybridized carbons (Fsp3) is 0.375. The van der Waals surface area contributed by atoms with Crippen molar-refractivity contribution in [3.05, 3.63) is 22.4 Å². The molecule has 0 unspecified atom stereocenters. The molecule has 0 aliphatic carbocycles. The Hall–Kier alpha value is -0.900. The molecule has 0 aromatic carbocycles. The van der Waals surface area contributed by atoms with Gasteiger partial charge in [0.05, 0.1) is 0 Å². The maximum absolute atomic E-state index is 10.7. The van der Waals surface area contributed by atoms with Crippen molar-refractivity contribution in [3.63, 3.8) is 0 Å². The minimum absolute atomic E-state index is 0.194. The summed E-state index contributed by atoms with van der Waals surface area (Å²) in [6.45, 7) is 2.35. The highest BCUT2D eigenvalue weighted by Crippen LogP contribution is 2.30. The van der Waals surface area contributed by atoms with Crippen LogP contribution in [0.2, 0.25) is 0 Å². The van der Waals surface area contributed by atoms with Gasteiger partial charge in [0.25, 0.3) is 0 Å². The van der Waals surface area contributed by atoms with Crippen molar-refractivity contribution >= 4 is 17.7 Å².